The number of rotatable bonds is 1. The largest absolute Gasteiger partial charge is 0.490 e. The number of nitrogens with zero attached hydrogens (tertiary/aromatic N) is 3. The molecule has 2 aliphatic carbocycles. The molecule has 12 nitrogen and oxygen atoms in total. The van der Waals surface area contributed by atoms with Crippen molar-refractivity contribution in [1.82, 2.24) is 14.5 Å². The molecule has 0 unspecified atom stereocenters. The number of halogens is 1. The summed E-state index contributed by atoms with van der Waals surface area (Å²) in [6, 6.07) is 11.1. The van der Waals surface area contributed by atoms with Gasteiger partial charge in [0.1, 0.15) is 17.5 Å². The van der Waals surface area contributed by atoms with Crippen LogP contribution >= 0.6 is 11.6 Å². The zero-order valence-corrected chi connectivity index (χ0v) is 32.0. The van der Waals surface area contributed by atoms with Gasteiger partial charge in [-0.3, -0.25) is 9.69 Å². The molecule has 53 heavy (non-hydrogen) atoms. The third-order valence-electron chi connectivity index (χ3n) is 12.2. The topological polar surface area (TPSA) is 127 Å². The molecule has 0 radical (unpaired) electrons. The van der Waals surface area contributed by atoms with E-state index in [1.54, 1.807) is 23.1 Å². The minimum atomic E-state index is -4.25. The number of piperazine rings is 1. The highest BCUT2D eigenvalue weighted by Gasteiger charge is 2.46. The lowest BCUT2D eigenvalue weighted by molar-refractivity contribution is -0.139. The summed E-state index contributed by atoms with van der Waals surface area (Å²) in [7, 11) is -4.25. The summed E-state index contributed by atoms with van der Waals surface area (Å²) in [4.78, 5) is 33.6. The molecular weight excluding hydrogens is 720 g/mol. The van der Waals surface area contributed by atoms with Crippen LogP contribution in [0.1, 0.15) is 50.7 Å². The summed E-state index contributed by atoms with van der Waals surface area (Å²) in [5.74, 6) is -0.0397. The van der Waals surface area contributed by atoms with Gasteiger partial charge in [0.25, 0.3) is 15.9 Å². The van der Waals surface area contributed by atoms with Crippen LogP contribution in [0.2, 0.25) is 5.02 Å². The molecule has 2 bridgehead atoms. The van der Waals surface area contributed by atoms with Gasteiger partial charge in [0.2, 0.25) is 0 Å². The van der Waals surface area contributed by atoms with Crippen LogP contribution in [0.25, 0.3) is 0 Å². The van der Waals surface area contributed by atoms with Crippen molar-refractivity contribution in [3.8, 4) is 5.75 Å². The summed E-state index contributed by atoms with van der Waals surface area (Å²) >= 11 is 6.46. The Hall–Kier alpha value is -3.36. The fourth-order valence-corrected chi connectivity index (χ4v) is 10.3. The van der Waals surface area contributed by atoms with E-state index in [2.05, 4.69) is 26.7 Å². The van der Waals surface area contributed by atoms with Gasteiger partial charge < -0.3 is 28.7 Å². The van der Waals surface area contributed by atoms with Gasteiger partial charge in [-0.05, 0) is 99.4 Å². The number of carbonyl (C=O) groups is 2. The Balaban J connectivity index is 1.14. The first-order valence-electron chi connectivity index (χ1n) is 18.9. The molecule has 4 aliphatic heterocycles. The van der Waals surface area contributed by atoms with Crippen LogP contribution in [-0.2, 0) is 40.9 Å². The Morgan fingerprint density at radius 1 is 1.08 bits per heavy atom. The number of fused-ring (bicyclic) bond motifs is 5. The van der Waals surface area contributed by atoms with Gasteiger partial charge >= 0.3 is 6.09 Å². The van der Waals surface area contributed by atoms with Crippen molar-refractivity contribution in [3.05, 3.63) is 64.7 Å². The molecule has 5 atom stereocenters. The molecule has 14 heteroatoms. The summed E-state index contributed by atoms with van der Waals surface area (Å²) in [5, 5.41) is 0.703. The zero-order valence-electron chi connectivity index (χ0n) is 30.4. The van der Waals surface area contributed by atoms with E-state index in [0.717, 1.165) is 45.2 Å². The number of aryl methyl sites for hydroxylation is 1. The van der Waals surface area contributed by atoms with Gasteiger partial charge in [0.05, 0.1) is 43.1 Å². The van der Waals surface area contributed by atoms with E-state index in [0.29, 0.717) is 62.5 Å². The molecule has 0 aromatic heterocycles. The lowest BCUT2D eigenvalue weighted by Gasteiger charge is -2.46. The van der Waals surface area contributed by atoms with Crippen LogP contribution in [-0.4, -0.2) is 114 Å². The van der Waals surface area contributed by atoms with E-state index in [4.69, 9.17) is 30.5 Å². The van der Waals surface area contributed by atoms with Crippen LogP contribution < -0.4 is 14.4 Å². The molecule has 2 aromatic carbocycles. The highest BCUT2D eigenvalue weighted by Crippen LogP contribution is 2.47. The lowest BCUT2D eigenvalue weighted by Crippen LogP contribution is -2.59. The van der Waals surface area contributed by atoms with E-state index in [1.165, 1.54) is 31.0 Å². The zero-order chi connectivity index (χ0) is 37.0. The molecule has 6 aliphatic rings. The lowest BCUT2D eigenvalue weighted by atomic mass is 9.68. The maximum absolute atomic E-state index is 13.8. The third kappa shape index (κ3) is 7.27. The fraction of sp³-hybridized carbons (Fsp3) is 0.590. The number of amides is 2. The average molecular weight is 769 g/mol. The van der Waals surface area contributed by atoms with Gasteiger partial charge in [-0.1, -0.05) is 23.7 Å². The van der Waals surface area contributed by atoms with Crippen molar-refractivity contribution < 1.29 is 37.0 Å². The average Bonchev–Trinajstić information content (AvgIpc) is 3.27. The monoisotopic (exact) mass is 768 g/mol. The molecule has 2 amide bonds. The second kappa shape index (κ2) is 14.4. The summed E-state index contributed by atoms with van der Waals surface area (Å²) in [5.41, 5.74) is 1.25. The molecule has 3 fully saturated rings. The molecule has 1 spiro atoms. The van der Waals surface area contributed by atoms with Crippen LogP contribution in [0, 0.1) is 11.8 Å². The molecule has 1 saturated carbocycles. The Morgan fingerprint density at radius 2 is 1.94 bits per heavy atom. The molecular formula is C39H49ClN4O8S. The molecule has 8 rings (SSSR count). The summed E-state index contributed by atoms with van der Waals surface area (Å²) < 4.78 is 54.2. The molecule has 1 N–H and O–H groups in total. The van der Waals surface area contributed by atoms with Gasteiger partial charge in [-0.25, -0.2) is 17.9 Å². The van der Waals surface area contributed by atoms with Gasteiger partial charge in [-0.2, -0.15) is 0 Å². The van der Waals surface area contributed by atoms with Crippen LogP contribution in [0.15, 0.2) is 53.4 Å². The van der Waals surface area contributed by atoms with E-state index in [1.807, 2.05) is 12.1 Å². The number of morpholine rings is 1. The van der Waals surface area contributed by atoms with E-state index >= 15 is 0 Å². The number of carbonyl (C=O) groups excluding carboxylic acids is 2. The number of hydrogen-bond donors (Lipinski definition) is 1. The maximum Gasteiger partial charge on any atom is 0.410 e. The minimum absolute atomic E-state index is 0.0200. The van der Waals surface area contributed by atoms with E-state index in [-0.39, 0.29) is 40.9 Å². The van der Waals surface area contributed by atoms with Crippen molar-refractivity contribution >= 4 is 39.3 Å². The fourth-order valence-electron chi connectivity index (χ4n) is 8.99. The predicted octanol–water partition coefficient (Wildman–Crippen LogP) is 4.53. The maximum atomic E-state index is 13.8. The standard InChI is InChI=1S/C39H49ClN4O8S/c1-38(2)36(45)41-53(47,48)30-9-12-35-33(20-30)44(24-39(25-50-35)13-3-5-26-19-28(40)8-11-32(26)39)21-27-7-10-31(27)34(6-4-17-51-38)52-37(46)43-15-14-42-16-18-49-23-29(42)22-43/h4,6,8-9,11-12,19-20,27,29,31,34H,3,5,7,10,13-18,21-25H2,1-2H3,(H,41,45)/b6-4-/t27-,29-,31+,34-,39-/m0/s1. The SMILES string of the molecule is CC1(C)OC/C=C\[C@H](OC(=O)N2CCN3CCOC[C@@H]3C2)[C@@H]2CC[C@H]2CN2C[C@@]3(CCCc4cc(Cl)ccc43)COc3ccc(cc32)S(=O)(=O)NC1=O. The Kier molecular flexibility index (Phi) is 9.93. The summed E-state index contributed by atoms with van der Waals surface area (Å²) in [6.45, 7) is 8.83. The number of benzene rings is 2. The molecule has 286 valence electrons. The molecule has 2 aromatic rings. The van der Waals surface area contributed by atoms with Gasteiger partial charge in [-0.15, -0.1) is 0 Å². The van der Waals surface area contributed by atoms with Crippen molar-refractivity contribution in [2.45, 2.75) is 74.0 Å². The predicted molar refractivity (Wildman–Crippen MR) is 199 cm³/mol. The first-order chi connectivity index (χ1) is 25.4. The minimum Gasteiger partial charge on any atom is -0.490 e. The van der Waals surface area contributed by atoms with Crippen molar-refractivity contribution in [3.63, 3.8) is 0 Å². The summed E-state index contributed by atoms with van der Waals surface area (Å²) in [6.07, 6.45) is 7.39. The van der Waals surface area contributed by atoms with Gasteiger partial charge in [0, 0.05) is 55.6 Å². The molecule has 2 saturated heterocycles. The van der Waals surface area contributed by atoms with Crippen molar-refractivity contribution in [1.29, 1.82) is 0 Å². The van der Waals surface area contributed by atoms with E-state index in [9.17, 15) is 18.0 Å². The van der Waals surface area contributed by atoms with Gasteiger partial charge in [0.15, 0.2) is 0 Å². The van der Waals surface area contributed by atoms with E-state index < -0.39 is 27.6 Å². The van der Waals surface area contributed by atoms with Crippen molar-refractivity contribution in [2.24, 2.45) is 11.8 Å². The highest BCUT2D eigenvalue weighted by molar-refractivity contribution is 7.90. The number of ether oxygens (including phenoxy) is 4. The highest BCUT2D eigenvalue weighted by atomic mass is 35.5. The molecule has 4 heterocycles. The van der Waals surface area contributed by atoms with Crippen LogP contribution in [0.5, 0.6) is 5.75 Å². The Labute approximate surface area is 316 Å². The Bertz CT molecular complexity index is 1890. The van der Waals surface area contributed by atoms with Crippen molar-refractivity contribution in [2.75, 3.05) is 70.6 Å². The second-order valence-corrected chi connectivity index (χ2v) is 18.1. The van der Waals surface area contributed by atoms with Crippen LogP contribution in [0.4, 0.5) is 10.5 Å². The second-order valence-electron chi connectivity index (χ2n) is 16.0. The quantitative estimate of drug-likeness (QED) is 0.414. The number of anilines is 1. The first kappa shape index (κ1) is 36.6. The Morgan fingerprint density at radius 3 is 2.77 bits per heavy atom. The number of hydrogen-bond acceptors (Lipinski definition) is 10. The third-order valence-corrected chi connectivity index (χ3v) is 13.8. The number of sulfonamides is 1. The first-order valence-corrected chi connectivity index (χ1v) is 20.7. The number of nitrogens with one attached hydrogen (secondary N) is 1. The smallest absolute Gasteiger partial charge is 0.410 e. The normalized spacial score (nSPS) is 31.7. The van der Waals surface area contributed by atoms with Crippen LogP contribution in [0.3, 0.4) is 0 Å².